The highest BCUT2D eigenvalue weighted by atomic mass is 32.2. The van der Waals surface area contributed by atoms with Gasteiger partial charge in [-0.15, -0.1) is 0 Å². The lowest BCUT2D eigenvalue weighted by atomic mass is 10.2. The zero-order chi connectivity index (χ0) is 19.6. The van der Waals surface area contributed by atoms with Gasteiger partial charge in [0.05, 0.1) is 11.7 Å². The summed E-state index contributed by atoms with van der Waals surface area (Å²) < 4.78 is 46.0. The van der Waals surface area contributed by atoms with E-state index in [2.05, 4.69) is 18.8 Å². The molecule has 11 heteroatoms. The van der Waals surface area contributed by atoms with E-state index in [1.54, 1.807) is 24.3 Å². The predicted octanol–water partition coefficient (Wildman–Crippen LogP) is 1.40. The van der Waals surface area contributed by atoms with Gasteiger partial charge in [0.2, 0.25) is 22.7 Å². The van der Waals surface area contributed by atoms with Gasteiger partial charge in [-0.1, -0.05) is 12.1 Å². The highest BCUT2D eigenvalue weighted by Gasteiger charge is 2.19. The van der Waals surface area contributed by atoms with Crippen LogP contribution in [0.25, 0.3) is 11.0 Å². The molecule has 0 saturated carbocycles. The Balaban J connectivity index is 1.29. The molecule has 1 aliphatic rings. The molecule has 0 spiro atoms. The molecule has 0 radical (unpaired) electrons. The lowest BCUT2D eigenvalue weighted by Crippen LogP contribution is -2.30. The van der Waals surface area contributed by atoms with E-state index in [-0.39, 0.29) is 30.6 Å². The molecular weight excluding hydrogens is 404 g/mol. The van der Waals surface area contributed by atoms with Crippen LogP contribution in [0.2, 0.25) is 0 Å². The Morgan fingerprint density at radius 3 is 2.89 bits per heavy atom. The molecule has 3 aromatic rings. The summed E-state index contributed by atoms with van der Waals surface area (Å²) in [5, 5.41) is 2.75. The Morgan fingerprint density at radius 2 is 2.00 bits per heavy atom. The summed E-state index contributed by atoms with van der Waals surface area (Å²) >= 11 is 0.951. The fourth-order valence-electron chi connectivity index (χ4n) is 2.71. The van der Waals surface area contributed by atoms with Crippen LogP contribution < -0.4 is 19.5 Å². The third-order valence-corrected chi connectivity index (χ3v) is 6.14. The second-order valence-electron chi connectivity index (χ2n) is 6.00. The van der Waals surface area contributed by atoms with E-state index < -0.39 is 10.0 Å². The van der Waals surface area contributed by atoms with Gasteiger partial charge in [-0.05, 0) is 29.8 Å². The van der Waals surface area contributed by atoms with Gasteiger partial charge >= 0.3 is 0 Å². The number of aromatic nitrogens is 2. The van der Waals surface area contributed by atoms with Gasteiger partial charge in [-0.2, -0.15) is 8.75 Å². The first-order valence-corrected chi connectivity index (χ1v) is 10.6. The van der Waals surface area contributed by atoms with E-state index in [1.807, 2.05) is 6.07 Å². The standard InChI is InChI=1S/C17H16N4O5S2/c22-16(18-9-11-4-5-13-14(8-11)26-10-25-13)6-7-19-28(23,24)15-3-1-2-12-17(15)21-27-20-12/h1-5,8,19H,6-7,9-10H2,(H,18,22). The number of benzene rings is 2. The van der Waals surface area contributed by atoms with Crippen LogP contribution in [0.15, 0.2) is 41.3 Å². The number of hydrogen-bond donors (Lipinski definition) is 2. The molecule has 2 aromatic carbocycles. The smallest absolute Gasteiger partial charge is 0.242 e. The first kappa shape index (κ1) is 18.6. The number of nitrogens with one attached hydrogen (secondary N) is 2. The van der Waals surface area contributed by atoms with E-state index in [0.717, 1.165) is 17.3 Å². The lowest BCUT2D eigenvalue weighted by molar-refractivity contribution is -0.121. The van der Waals surface area contributed by atoms with E-state index in [0.29, 0.717) is 29.1 Å². The monoisotopic (exact) mass is 420 g/mol. The van der Waals surface area contributed by atoms with Crippen molar-refractivity contribution < 1.29 is 22.7 Å². The van der Waals surface area contributed by atoms with Crippen molar-refractivity contribution in [3.63, 3.8) is 0 Å². The first-order valence-electron chi connectivity index (χ1n) is 8.39. The maximum Gasteiger partial charge on any atom is 0.242 e. The molecule has 0 aliphatic carbocycles. The Labute approximate surface area is 165 Å². The predicted molar refractivity (Wildman–Crippen MR) is 102 cm³/mol. The molecule has 0 unspecified atom stereocenters. The van der Waals surface area contributed by atoms with Crippen LogP contribution in [0.4, 0.5) is 0 Å². The van der Waals surface area contributed by atoms with Crippen LogP contribution >= 0.6 is 11.7 Å². The van der Waals surface area contributed by atoms with Crippen LogP contribution in [0.5, 0.6) is 11.5 Å². The summed E-state index contributed by atoms with van der Waals surface area (Å²) in [4.78, 5) is 12.1. The molecule has 0 bridgehead atoms. The molecule has 0 fully saturated rings. The van der Waals surface area contributed by atoms with Crippen molar-refractivity contribution in [2.75, 3.05) is 13.3 Å². The number of carbonyl (C=O) groups excluding carboxylic acids is 1. The number of nitrogens with zero attached hydrogens (tertiary/aromatic N) is 2. The Morgan fingerprint density at radius 1 is 1.14 bits per heavy atom. The zero-order valence-corrected chi connectivity index (χ0v) is 16.2. The summed E-state index contributed by atoms with van der Waals surface area (Å²) in [5.41, 5.74) is 1.71. The van der Waals surface area contributed by atoms with Gasteiger partial charge in [0, 0.05) is 19.5 Å². The fourth-order valence-corrected chi connectivity index (χ4v) is 4.51. The van der Waals surface area contributed by atoms with Crippen molar-refractivity contribution in [2.24, 2.45) is 0 Å². The Bertz CT molecular complexity index is 1130. The lowest BCUT2D eigenvalue weighted by Gasteiger charge is -2.08. The van der Waals surface area contributed by atoms with Gasteiger partial charge < -0.3 is 14.8 Å². The second-order valence-corrected chi connectivity index (χ2v) is 8.26. The SMILES string of the molecule is O=C(CCNS(=O)(=O)c1cccc2nsnc12)NCc1ccc2c(c1)OCO2. The normalized spacial score (nSPS) is 13.0. The first-order chi connectivity index (χ1) is 13.5. The van der Waals surface area contributed by atoms with Crippen molar-refractivity contribution >= 4 is 38.7 Å². The number of hydrogen-bond acceptors (Lipinski definition) is 8. The quantitative estimate of drug-likeness (QED) is 0.593. The molecule has 4 rings (SSSR count). The van der Waals surface area contributed by atoms with Crippen molar-refractivity contribution in [1.29, 1.82) is 0 Å². The minimum Gasteiger partial charge on any atom is -0.454 e. The Kier molecular flexibility index (Phi) is 5.11. The van der Waals surface area contributed by atoms with Gasteiger partial charge in [-0.25, -0.2) is 13.1 Å². The summed E-state index contributed by atoms with van der Waals surface area (Å²) in [7, 11) is -3.78. The summed E-state index contributed by atoms with van der Waals surface area (Å²) in [6, 6.07) is 10.2. The molecular formula is C17H16N4O5S2. The van der Waals surface area contributed by atoms with Crippen LogP contribution in [0.1, 0.15) is 12.0 Å². The molecule has 28 heavy (non-hydrogen) atoms. The number of ether oxygens (including phenoxy) is 2. The molecule has 1 aromatic heterocycles. The maximum atomic E-state index is 12.5. The molecule has 2 heterocycles. The summed E-state index contributed by atoms with van der Waals surface area (Å²) in [6.45, 7) is 0.477. The van der Waals surface area contributed by atoms with Crippen LogP contribution in [-0.4, -0.2) is 36.4 Å². The average molecular weight is 420 g/mol. The molecule has 0 atom stereocenters. The average Bonchev–Trinajstić information content (AvgIpc) is 3.34. The molecule has 146 valence electrons. The minimum atomic E-state index is -3.78. The Hall–Kier alpha value is -2.76. The second kappa shape index (κ2) is 7.70. The number of rotatable bonds is 7. The molecule has 2 N–H and O–H groups in total. The topological polar surface area (TPSA) is 120 Å². The van der Waals surface area contributed by atoms with E-state index in [1.165, 1.54) is 6.07 Å². The van der Waals surface area contributed by atoms with Crippen LogP contribution in [0.3, 0.4) is 0 Å². The van der Waals surface area contributed by atoms with Crippen LogP contribution in [0, 0.1) is 0 Å². The van der Waals surface area contributed by atoms with Crippen molar-refractivity contribution in [2.45, 2.75) is 17.9 Å². The minimum absolute atomic E-state index is 0.00900. The van der Waals surface area contributed by atoms with E-state index >= 15 is 0 Å². The fraction of sp³-hybridized carbons (Fsp3) is 0.235. The van der Waals surface area contributed by atoms with E-state index in [9.17, 15) is 13.2 Å². The molecule has 9 nitrogen and oxygen atoms in total. The van der Waals surface area contributed by atoms with Crippen LogP contribution in [-0.2, 0) is 21.4 Å². The highest BCUT2D eigenvalue weighted by molar-refractivity contribution is 7.89. The van der Waals surface area contributed by atoms with E-state index in [4.69, 9.17) is 9.47 Å². The number of fused-ring (bicyclic) bond motifs is 2. The maximum absolute atomic E-state index is 12.5. The zero-order valence-electron chi connectivity index (χ0n) is 14.5. The largest absolute Gasteiger partial charge is 0.454 e. The van der Waals surface area contributed by atoms with Gasteiger partial charge in [0.15, 0.2) is 11.5 Å². The number of amides is 1. The summed E-state index contributed by atoms with van der Waals surface area (Å²) in [5.74, 6) is 1.05. The number of carbonyl (C=O) groups is 1. The van der Waals surface area contributed by atoms with Gasteiger partial charge in [-0.3, -0.25) is 4.79 Å². The van der Waals surface area contributed by atoms with Crippen molar-refractivity contribution in [1.82, 2.24) is 18.8 Å². The molecule has 1 aliphatic heterocycles. The van der Waals surface area contributed by atoms with Crippen molar-refractivity contribution in [3.05, 3.63) is 42.0 Å². The van der Waals surface area contributed by atoms with Gasteiger partial charge in [0.1, 0.15) is 15.9 Å². The molecule has 1 amide bonds. The summed E-state index contributed by atoms with van der Waals surface area (Å²) in [6.07, 6.45) is 0.00900. The molecule has 0 saturated heterocycles. The van der Waals surface area contributed by atoms with Gasteiger partial charge in [0.25, 0.3) is 0 Å². The van der Waals surface area contributed by atoms with Crippen molar-refractivity contribution in [3.8, 4) is 11.5 Å². The third kappa shape index (κ3) is 3.91. The highest BCUT2D eigenvalue weighted by Crippen LogP contribution is 2.32. The number of sulfonamides is 1. The third-order valence-electron chi connectivity index (χ3n) is 4.11.